The van der Waals surface area contributed by atoms with Crippen LogP contribution in [-0.2, 0) is 14.1 Å². The van der Waals surface area contributed by atoms with Gasteiger partial charge in [0.1, 0.15) is 17.7 Å². The Bertz CT molecular complexity index is 974. The lowest BCUT2D eigenvalue weighted by Gasteiger charge is -2.28. The minimum absolute atomic E-state index is 0.129. The standard InChI is InChI=1S/C16H15FN4O2S/c1-20-14(11(8-18)15(22)21(2)16(20)23)19-12-5-6-24-13-4-3-9(17)7-10(12)13/h3-4,7,12,19H,5-6H2,1-2H3. The first-order valence-electron chi connectivity index (χ1n) is 7.33. The van der Waals surface area contributed by atoms with Gasteiger partial charge < -0.3 is 5.32 Å². The maximum atomic E-state index is 13.6. The van der Waals surface area contributed by atoms with Crippen molar-refractivity contribution in [3.63, 3.8) is 0 Å². The molecule has 1 aliphatic heterocycles. The zero-order chi connectivity index (χ0) is 17.4. The van der Waals surface area contributed by atoms with E-state index in [9.17, 15) is 19.2 Å². The summed E-state index contributed by atoms with van der Waals surface area (Å²) in [5.74, 6) is 0.635. The van der Waals surface area contributed by atoms with Crippen molar-refractivity contribution >= 4 is 17.6 Å². The van der Waals surface area contributed by atoms with Crippen LogP contribution >= 0.6 is 11.8 Å². The van der Waals surface area contributed by atoms with Crippen molar-refractivity contribution in [1.29, 1.82) is 5.26 Å². The number of hydrogen-bond donors (Lipinski definition) is 1. The monoisotopic (exact) mass is 346 g/mol. The van der Waals surface area contributed by atoms with Crippen LogP contribution in [0.25, 0.3) is 0 Å². The molecule has 1 N–H and O–H groups in total. The van der Waals surface area contributed by atoms with Gasteiger partial charge >= 0.3 is 5.69 Å². The summed E-state index contributed by atoms with van der Waals surface area (Å²) in [6.45, 7) is 0. The number of aromatic nitrogens is 2. The Balaban J connectivity index is 2.12. The van der Waals surface area contributed by atoms with Gasteiger partial charge in [0.05, 0.1) is 6.04 Å². The van der Waals surface area contributed by atoms with E-state index < -0.39 is 11.2 Å². The van der Waals surface area contributed by atoms with Crippen molar-refractivity contribution in [2.45, 2.75) is 17.4 Å². The highest BCUT2D eigenvalue weighted by Gasteiger charge is 2.24. The Morgan fingerprint density at radius 1 is 1.33 bits per heavy atom. The topological polar surface area (TPSA) is 79.8 Å². The van der Waals surface area contributed by atoms with Crippen LogP contribution in [0.15, 0.2) is 32.7 Å². The van der Waals surface area contributed by atoms with Crippen LogP contribution in [0, 0.1) is 17.1 Å². The van der Waals surface area contributed by atoms with Crippen LogP contribution < -0.4 is 16.6 Å². The summed E-state index contributed by atoms with van der Waals surface area (Å²) in [7, 11) is 2.83. The van der Waals surface area contributed by atoms with E-state index in [0.29, 0.717) is 6.42 Å². The Labute approximate surface area is 141 Å². The number of fused-ring (bicyclic) bond motifs is 1. The van der Waals surface area contributed by atoms with E-state index in [1.54, 1.807) is 17.8 Å². The summed E-state index contributed by atoms with van der Waals surface area (Å²) in [5.41, 5.74) is -0.530. The molecule has 3 rings (SSSR count). The number of rotatable bonds is 2. The van der Waals surface area contributed by atoms with Gasteiger partial charge in [-0.3, -0.25) is 13.9 Å². The highest BCUT2D eigenvalue weighted by molar-refractivity contribution is 7.99. The molecule has 0 saturated carbocycles. The van der Waals surface area contributed by atoms with Gasteiger partial charge in [-0.05, 0) is 30.2 Å². The Kier molecular flexibility index (Phi) is 4.20. The lowest BCUT2D eigenvalue weighted by atomic mass is 10.0. The molecular weight excluding hydrogens is 331 g/mol. The molecule has 6 nitrogen and oxygen atoms in total. The fourth-order valence-corrected chi connectivity index (χ4v) is 3.90. The Hall–Kier alpha value is -2.53. The average molecular weight is 346 g/mol. The van der Waals surface area contributed by atoms with Gasteiger partial charge in [0.2, 0.25) is 0 Å². The molecule has 1 aliphatic rings. The van der Waals surface area contributed by atoms with Crippen molar-refractivity contribution in [2.75, 3.05) is 11.1 Å². The highest BCUT2D eigenvalue weighted by Crippen LogP contribution is 2.38. The molecule has 1 unspecified atom stereocenters. The van der Waals surface area contributed by atoms with E-state index in [1.165, 1.54) is 30.8 Å². The molecule has 1 atom stereocenters. The molecular formula is C16H15FN4O2S. The second-order valence-electron chi connectivity index (χ2n) is 5.56. The van der Waals surface area contributed by atoms with Crippen molar-refractivity contribution < 1.29 is 4.39 Å². The van der Waals surface area contributed by atoms with E-state index in [-0.39, 0.29) is 23.2 Å². The zero-order valence-electron chi connectivity index (χ0n) is 13.2. The third-order valence-electron chi connectivity index (χ3n) is 4.10. The largest absolute Gasteiger partial charge is 0.363 e. The van der Waals surface area contributed by atoms with Crippen LogP contribution in [0.5, 0.6) is 0 Å². The quantitative estimate of drug-likeness (QED) is 0.896. The van der Waals surface area contributed by atoms with Crippen LogP contribution in [0.3, 0.4) is 0 Å². The smallest absolute Gasteiger partial charge is 0.332 e. The molecule has 0 aliphatic carbocycles. The predicted octanol–water partition coefficient (Wildman–Crippen LogP) is 1.74. The summed E-state index contributed by atoms with van der Waals surface area (Å²) < 4.78 is 15.7. The van der Waals surface area contributed by atoms with Crippen molar-refractivity contribution in [2.24, 2.45) is 14.1 Å². The van der Waals surface area contributed by atoms with Crippen LogP contribution in [-0.4, -0.2) is 14.9 Å². The summed E-state index contributed by atoms with van der Waals surface area (Å²) in [6.07, 6.45) is 0.690. The van der Waals surface area contributed by atoms with E-state index in [4.69, 9.17) is 0 Å². The third-order valence-corrected chi connectivity index (χ3v) is 5.22. The lowest BCUT2D eigenvalue weighted by molar-refractivity contribution is 0.613. The number of nitrogens with one attached hydrogen (secondary N) is 1. The van der Waals surface area contributed by atoms with Gasteiger partial charge in [-0.2, -0.15) is 5.26 Å². The maximum Gasteiger partial charge on any atom is 0.332 e. The fourth-order valence-electron chi connectivity index (χ4n) is 2.79. The Morgan fingerprint density at radius 3 is 2.79 bits per heavy atom. The Morgan fingerprint density at radius 2 is 2.08 bits per heavy atom. The first kappa shape index (κ1) is 16.3. The zero-order valence-corrected chi connectivity index (χ0v) is 14.0. The average Bonchev–Trinajstić information content (AvgIpc) is 2.58. The second-order valence-corrected chi connectivity index (χ2v) is 6.69. The molecule has 0 saturated heterocycles. The molecule has 124 valence electrons. The fraction of sp³-hybridized carbons (Fsp3) is 0.312. The van der Waals surface area contributed by atoms with Crippen LogP contribution in [0.1, 0.15) is 23.6 Å². The van der Waals surface area contributed by atoms with Crippen LogP contribution in [0.2, 0.25) is 0 Å². The summed E-state index contributed by atoms with van der Waals surface area (Å²) in [6, 6.07) is 6.16. The van der Waals surface area contributed by atoms with Crippen molar-refractivity contribution in [1.82, 2.24) is 9.13 Å². The van der Waals surface area contributed by atoms with E-state index in [0.717, 1.165) is 20.8 Å². The molecule has 1 aromatic heterocycles. The van der Waals surface area contributed by atoms with E-state index in [1.807, 2.05) is 6.07 Å². The number of nitriles is 1. The minimum Gasteiger partial charge on any atom is -0.363 e. The number of thioether (sulfide) groups is 1. The molecule has 1 aromatic carbocycles. The molecule has 2 aromatic rings. The molecule has 0 radical (unpaired) electrons. The molecule has 24 heavy (non-hydrogen) atoms. The summed E-state index contributed by atoms with van der Waals surface area (Å²) in [4.78, 5) is 25.2. The third kappa shape index (κ3) is 2.61. The first-order valence-corrected chi connectivity index (χ1v) is 8.31. The lowest BCUT2D eigenvalue weighted by Crippen LogP contribution is -2.40. The summed E-state index contributed by atoms with van der Waals surface area (Å²) in [5, 5.41) is 12.4. The van der Waals surface area contributed by atoms with Gasteiger partial charge in [0.15, 0.2) is 5.56 Å². The number of halogens is 1. The molecule has 0 fully saturated rings. The molecule has 0 amide bonds. The van der Waals surface area contributed by atoms with Gasteiger partial charge in [0, 0.05) is 24.7 Å². The highest BCUT2D eigenvalue weighted by atomic mass is 32.2. The minimum atomic E-state index is -0.646. The molecule has 0 spiro atoms. The van der Waals surface area contributed by atoms with Gasteiger partial charge in [-0.25, -0.2) is 9.18 Å². The van der Waals surface area contributed by atoms with Crippen molar-refractivity contribution in [3.05, 3.63) is 56.0 Å². The van der Waals surface area contributed by atoms with Crippen molar-refractivity contribution in [3.8, 4) is 6.07 Å². The molecule has 8 heteroatoms. The SMILES string of the molecule is Cn1c(NC2CCSc3ccc(F)cc32)c(C#N)c(=O)n(C)c1=O. The number of anilines is 1. The second kappa shape index (κ2) is 6.17. The normalized spacial score (nSPS) is 16.3. The first-order chi connectivity index (χ1) is 11.4. The summed E-state index contributed by atoms with van der Waals surface area (Å²) >= 11 is 1.63. The van der Waals surface area contributed by atoms with E-state index in [2.05, 4.69) is 5.32 Å². The predicted molar refractivity (Wildman–Crippen MR) is 89.7 cm³/mol. The number of nitrogens with zero attached hydrogens (tertiary/aromatic N) is 3. The maximum absolute atomic E-state index is 13.6. The van der Waals surface area contributed by atoms with Crippen LogP contribution in [0.4, 0.5) is 10.2 Å². The molecule has 0 bridgehead atoms. The molecule has 2 heterocycles. The number of hydrogen-bond acceptors (Lipinski definition) is 5. The van der Waals surface area contributed by atoms with Gasteiger partial charge in [-0.15, -0.1) is 11.8 Å². The number of benzene rings is 1. The van der Waals surface area contributed by atoms with Gasteiger partial charge in [-0.1, -0.05) is 0 Å². The van der Waals surface area contributed by atoms with Gasteiger partial charge in [0.25, 0.3) is 5.56 Å². The van der Waals surface area contributed by atoms with E-state index >= 15 is 0 Å².